The number of rotatable bonds is 3. The molecule has 0 saturated heterocycles. The minimum absolute atomic E-state index is 0.300. The van der Waals surface area contributed by atoms with Crippen molar-refractivity contribution in [1.29, 1.82) is 0 Å². The van der Waals surface area contributed by atoms with E-state index in [0.717, 1.165) is 11.6 Å². The number of nitrogens with two attached hydrogens (primary N) is 1. The lowest BCUT2D eigenvalue weighted by Crippen LogP contribution is -2.30. The Morgan fingerprint density at radius 1 is 1.26 bits per heavy atom. The fourth-order valence-electron chi connectivity index (χ4n) is 2.57. The smallest absolute Gasteiger partial charge is 0.135 e. The summed E-state index contributed by atoms with van der Waals surface area (Å²) in [5.41, 5.74) is 6.35. The average molecular weight is 262 g/mol. The first-order valence-electron chi connectivity index (χ1n) is 7.27. The summed E-state index contributed by atoms with van der Waals surface area (Å²) < 4.78 is 0. The third-order valence-electron chi connectivity index (χ3n) is 3.97. The molecule has 1 fully saturated rings. The largest absolute Gasteiger partial charge is 0.384 e. The van der Waals surface area contributed by atoms with Crippen molar-refractivity contribution in [1.82, 2.24) is 9.97 Å². The van der Waals surface area contributed by atoms with Gasteiger partial charge in [-0.15, -0.1) is 0 Å². The SMILES string of the molecule is CC(C)c1nc(N)cc(NC2CCC(C)(C)CC2)n1. The first kappa shape index (κ1) is 14.1. The van der Waals surface area contributed by atoms with Crippen molar-refractivity contribution in [3.05, 3.63) is 11.9 Å². The van der Waals surface area contributed by atoms with Gasteiger partial charge in [-0.1, -0.05) is 27.7 Å². The van der Waals surface area contributed by atoms with E-state index in [9.17, 15) is 0 Å². The molecule has 1 heterocycles. The van der Waals surface area contributed by atoms with E-state index in [1.54, 1.807) is 0 Å². The van der Waals surface area contributed by atoms with Gasteiger partial charge in [0.05, 0.1) is 0 Å². The van der Waals surface area contributed by atoms with Gasteiger partial charge in [0, 0.05) is 18.0 Å². The van der Waals surface area contributed by atoms with Gasteiger partial charge in [0.25, 0.3) is 0 Å². The predicted molar refractivity (Wildman–Crippen MR) is 80.2 cm³/mol. The number of nitrogen functional groups attached to an aromatic ring is 1. The fraction of sp³-hybridized carbons (Fsp3) is 0.733. The van der Waals surface area contributed by atoms with Gasteiger partial charge in [-0.2, -0.15) is 0 Å². The van der Waals surface area contributed by atoms with Gasteiger partial charge in [0.2, 0.25) is 0 Å². The normalized spacial score (nSPS) is 19.6. The van der Waals surface area contributed by atoms with E-state index in [1.165, 1.54) is 25.7 Å². The number of anilines is 2. The zero-order valence-corrected chi connectivity index (χ0v) is 12.5. The Labute approximate surface area is 116 Å². The molecule has 1 aromatic heterocycles. The van der Waals surface area contributed by atoms with E-state index < -0.39 is 0 Å². The Morgan fingerprint density at radius 2 is 1.89 bits per heavy atom. The number of hydrogen-bond acceptors (Lipinski definition) is 4. The Morgan fingerprint density at radius 3 is 2.47 bits per heavy atom. The van der Waals surface area contributed by atoms with Crippen molar-refractivity contribution in [2.45, 2.75) is 65.3 Å². The highest BCUT2D eigenvalue weighted by Crippen LogP contribution is 2.36. The third kappa shape index (κ3) is 3.82. The lowest BCUT2D eigenvalue weighted by molar-refractivity contribution is 0.232. The zero-order valence-electron chi connectivity index (χ0n) is 12.5. The highest BCUT2D eigenvalue weighted by molar-refractivity contribution is 5.45. The molecule has 1 saturated carbocycles. The maximum absolute atomic E-state index is 5.85. The summed E-state index contributed by atoms with van der Waals surface area (Å²) in [5.74, 6) is 2.55. The number of aromatic nitrogens is 2. The second-order valence-corrected chi connectivity index (χ2v) is 6.77. The minimum atomic E-state index is 0.300. The third-order valence-corrected chi connectivity index (χ3v) is 3.97. The molecular formula is C15H26N4. The molecule has 0 spiro atoms. The molecule has 0 radical (unpaired) electrons. The molecule has 106 valence electrons. The van der Waals surface area contributed by atoms with Crippen LogP contribution in [0.15, 0.2) is 6.07 Å². The van der Waals surface area contributed by atoms with Crippen molar-refractivity contribution in [3.8, 4) is 0 Å². The van der Waals surface area contributed by atoms with Crippen LogP contribution in [0, 0.1) is 5.41 Å². The van der Waals surface area contributed by atoms with Gasteiger partial charge in [-0.25, -0.2) is 9.97 Å². The summed E-state index contributed by atoms with van der Waals surface area (Å²) in [7, 11) is 0. The maximum Gasteiger partial charge on any atom is 0.135 e. The lowest BCUT2D eigenvalue weighted by atomic mass is 9.75. The first-order chi connectivity index (χ1) is 8.85. The molecule has 0 aliphatic heterocycles. The van der Waals surface area contributed by atoms with Crippen LogP contribution in [0.1, 0.15) is 65.1 Å². The number of nitrogens with zero attached hydrogens (tertiary/aromatic N) is 2. The van der Waals surface area contributed by atoms with Crippen molar-refractivity contribution >= 4 is 11.6 Å². The molecule has 0 bridgehead atoms. The summed E-state index contributed by atoms with van der Waals surface area (Å²) >= 11 is 0. The van der Waals surface area contributed by atoms with Gasteiger partial charge < -0.3 is 11.1 Å². The van der Waals surface area contributed by atoms with E-state index in [1.807, 2.05) is 6.07 Å². The van der Waals surface area contributed by atoms with E-state index in [-0.39, 0.29) is 0 Å². The molecular weight excluding hydrogens is 236 g/mol. The number of hydrogen-bond donors (Lipinski definition) is 2. The van der Waals surface area contributed by atoms with E-state index in [4.69, 9.17) is 5.73 Å². The van der Waals surface area contributed by atoms with E-state index in [2.05, 4.69) is 43.0 Å². The Balaban J connectivity index is 2.03. The standard InChI is InChI=1S/C15H26N4/c1-10(2)14-18-12(16)9-13(19-14)17-11-5-7-15(3,4)8-6-11/h9-11H,5-8H2,1-4H3,(H3,16,17,18,19). The van der Waals surface area contributed by atoms with Gasteiger partial charge in [-0.3, -0.25) is 0 Å². The number of nitrogens with one attached hydrogen (secondary N) is 1. The average Bonchev–Trinajstić information content (AvgIpc) is 2.31. The van der Waals surface area contributed by atoms with E-state index in [0.29, 0.717) is 23.2 Å². The monoisotopic (exact) mass is 262 g/mol. The zero-order chi connectivity index (χ0) is 14.0. The quantitative estimate of drug-likeness (QED) is 0.874. The highest BCUT2D eigenvalue weighted by atomic mass is 15.1. The fourth-order valence-corrected chi connectivity index (χ4v) is 2.57. The van der Waals surface area contributed by atoms with Crippen LogP contribution >= 0.6 is 0 Å². The highest BCUT2D eigenvalue weighted by Gasteiger charge is 2.26. The van der Waals surface area contributed by atoms with Gasteiger partial charge in [0.1, 0.15) is 17.5 Å². The molecule has 0 amide bonds. The molecule has 3 N–H and O–H groups in total. The van der Waals surface area contributed by atoms with E-state index >= 15 is 0 Å². The molecule has 19 heavy (non-hydrogen) atoms. The van der Waals surface area contributed by atoms with Crippen molar-refractivity contribution in [2.24, 2.45) is 5.41 Å². The Kier molecular flexibility index (Phi) is 3.97. The summed E-state index contributed by atoms with van der Waals surface area (Å²) in [5, 5.41) is 3.52. The second kappa shape index (κ2) is 5.35. The predicted octanol–water partition coefficient (Wildman–Crippen LogP) is 3.56. The maximum atomic E-state index is 5.85. The summed E-state index contributed by atoms with van der Waals surface area (Å²) in [4.78, 5) is 8.84. The first-order valence-corrected chi connectivity index (χ1v) is 7.27. The van der Waals surface area contributed by atoms with Crippen LogP contribution in [-0.2, 0) is 0 Å². The molecule has 4 nitrogen and oxygen atoms in total. The second-order valence-electron chi connectivity index (χ2n) is 6.77. The molecule has 0 aromatic carbocycles. The van der Waals surface area contributed by atoms with Crippen LogP contribution in [0.25, 0.3) is 0 Å². The Bertz CT molecular complexity index is 430. The topological polar surface area (TPSA) is 63.8 Å². The summed E-state index contributed by atoms with van der Waals surface area (Å²) in [6, 6.07) is 2.35. The minimum Gasteiger partial charge on any atom is -0.384 e. The van der Waals surface area contributed by atoms with Crippen LogP contribution in [0.5, 0.6) is 0 Å². The molecule has 0 atom stereocenters. The summed E-state index contributed by atoms with van der Waals surface area (Å²) in [6.45, 7) is 8.87. The van der Waals surface area contributed by atoms with Crippen molar-refractivity contribution in [3.63, 3.8) is 0 Å². The molecule has 0 unspecified atom stereocenters. The molecule has 4 heteroatoms. The van der Waals surface area contributed by atoms with Gasteiger partial charge in [-0.05, 0) is 31.1 Å². The van der Waals surface area contributed by atoms with Crippen LogP contribution in [0.4, 0.5) is 11.6 Å². The molecule has 1 aliphatic carbocycles. The van der Waals surface area contributed by atoms with Crippen LogP contribution in [0.3, 0.4) is 0 Å². The van der Waals surface area contributed by atoms with Crippen LogP contribution in [-0.4, -0.2) is 16.0 Å². The van der Waals surface area contributed by atoms with Crippen LogP contribution in [0.2, 0.25) is 0 Å². The molecule has 1 aromatic rings. The van der Waals surface area contributed by atoms with Gasteiger partial charge >= 0.3 is 0 Å². The van der Waals surface area contributed by atoms with Gasteiger partial charge in [0.15, 0.2) is 0 Å². The summed E-state index contributed by atoms with van der Waals surface area (Å²) in [6.07, 6.45) is 4.94. The molecule has 1 aliphatic rings. The van der Waals surface area contributed by atoms with Crippen molar-refractivity contribution in [2.75, 3.05) is 11.1 Å². The Hall–Kier alpha value is -1.32. The van der Waals surface area contributed by atoms with Crippen LogP contribution < -0.4 is 11.1 Å². The molecule has 2 rings (SSSR count). The van der Waals surface area contributed by atoms with Crippen molar-refractivity contribution < 1.29 is 0 Å². The lowest BCUT2D eigenvalue weighted by Gasteiger charge is -2.34.